The van der Waals surface area contributed by atoms with E-state index in [9.17, 15) is 24.3 Å². The Hall–Kier alpha value is -3.34. The number of carboxylic acids is 1. The van der Waals surface area contributed by atoms with Gasteiger partial charge in [0.25, 0.3) is 0 Å². The number of nitrogens with two attached hydrogens (primary N) is 1. The molecule has 0 radical (unpaired) electrons. The standard InChI is InChI=1S/C29H45NO10/c1-8-11-15-36-27(34)39-21-14-13-20(17-22(21)40-28(35)37-16-12-9-2)23(24(30)25(31)32)18(4)19(5)38-26(33)29(6,7)10-3/h13-14,17-19,23-24H,8-12,15-16,30H2,1-7H3,(H,31,32)/t18?,19?,23?,24-/m0/s1. The smallest absolute Gasteiger partial charge is 0.480 e. The molecule has 0 saturated heterocycles. The van der Waals surface area contributed by atoms with E-state index in [1.807, 2.05) is 20.8 Å². The molecule has 11 nitrogen and oxygen atoms in total. The number of unbranched alkanes of at least 4 members (excludes halogenated alkanes) is 2. The van der Waals surface area contributed by atoms with Crippen LogP contribution >= 0.6 is 0 Å². The zero-order valence-electron chi connectivity index (χ0n) is 24.7. The monoisotopic (exact) mass is 567 g/mol. The number of hydrogen-bond acceptors (Lipinski definition) is 10. The van der Waals surface area contributed by atoms with E-state index in [0.29, 0.717) is 24.8 Å². The van der Waals surface area contributed by atoms with Crippen molar-refractivity contribution in [2.45, 2.75) is 98.6 Å². The molecule has 0 aromatic heterocycles. The Morgan fingerprint density at radius 3 is 1.90 bits per heavy atom. The number of carbonyl (C=O) groups is 4. The molecule has 0 heterocycles. The molecule has 40 heavy (non-hydrogen) atoms. The second kappa shape index (κ2) is 16.7. The zero-order chi connectivity index (χ0) is 30.5. The largest absolute Gasteiger partial charge is 0.513 e. The Labute approximate surface area is 236 Å². The van der Waals surface area contributed by atoms with Gasteiger partial charge in [0.15, 0.2) is 11.5 Å². The molecule has 0 aliphatic rings. The first kappa shape index (κ1) is 34.7. The molecular formula is C29H45NO10. The van der Waals surface area contributed by atoms with Crippen LogP contribution in [0, 0.1) is 11.3 Å². The molecule has 0 spiro atoms. The summed E-state index contributed by atoms with van der Waals surface area (Å²) in [5.74, 6) is -3.45. The van der Waals surface area contributed by atoms with Crippen LogP contribution in [0.3, 0.4) is 0 Å². The summed E-state index contributed by atoms with van der Waals surface area (Å²) < 4.78 is 26.4. The summed E-state index contributed by atoms with van der Waals surface area (Å²) in [4.78, 5) is 49.2. The Morgan fingerprint density at radius 1 is 0.900 bits per heavy atom. The van der Waals surface area contributed by atoms with E-state index in [4.69, 9.17) is 29.4 Å². The van der Waals surface area contributed by atoms with Gasteiger partial charge in [-0.15, -0.1) is 0 Å². The Bertz CT molecular complexity index is 993. The van der Waals surface area contributed by atoms with Crippen molar-refractivity contribution in [1.82, 2.24) is 0 Å². The first-order chi connectivity index (χ1) is 18.8. The van der Waals surface area contributed by atoms with Crippen LogP contribution in [0.2, 0.25) is 0 Å². The third-order valence-corrected chi connectivity index (χ3v) is 6.88. The van der Waals surface area contributed by atoms with Gasteiger partial charge in [-0.1, -0.05) is 46.6 Å². The molecule has 226 valence electrons. The fourth-order valence-corrected chi connectivity index (χ4v) is 3.60. The number of carbonyl (C=O) groups excluding carboxylic acids is 3. The van der Waals surface area contributed by atoms with Crippen molar-refractivity contribution < 1.29 is 48.0 Å². The fraction of sp³-hybridized carbons (Fsp3) is 0.655. The number of hydrogen-bond donors (Lipinski definition) is 2. The fourth-order valence-electron chi connectivity index (χ4n) is 3.60. The highest BCUT2D eigenvalue weighted by Crippen LogP contribution is 2.38. The quantitative estimate of drug-likeness (QED) is 0.107. The third-order valence-electron chi connectivity index (χ3n) is 6.88. The Morgan fingerprint density at radius 2 is 1.43 bits per heavy atom. The van der Waals surface area contributed by atoms with E-state index in [1.54, 1.807) is 27.7 Å². The summed E-state index contributed by atoms with van der Waals surface area (Å²) in [6.45, 7) is 13.0. The van der Waals surface area contributed by atoms with Crippen molar-refractivity contribution in [1.29, 1.82) is 0 Å². The van der Waals surface area contributed by atoms with Crippen molar-refractivity contribution in [3.63, 3.8) is 0 Å². The SMILES string of the molecule is CCCCOC(=O)Oc1ccc(C(C(C)C(C)OC(=O)C(C)(C)CC)[C@H](N)C(=O)O)cc1OC(=O)OCCCC. The van der Waals surface area contributed by atoms with Crippen LogP contribution < -0.4 is 15.2 Å². The lowest BCUT2D eigenvalue weighted by atomic mass is 9.79. The molecular weight excluding hydrogens is 522 g/mol. The van der Waals surface area contributed by atoms with Gasteiger partial charge < -0.3 is 34.5 Å². The Kier molecular flexibility index (Phi) is 14.5. The number of aliphatic carboxylic acids is 1. The van der Waals surface area contributed by atoms with Crippen molar-refractivity contribution >= 4 is 24.2 Å². The van der Waals surface area contributed by atoms with Crippen molar-refractivity contribution in [2.24, 2.45) is 17.1 Å². The van der Waals surface area contributed by atoms with Gasteiger partial charge in [-0.2, -0.15) is 0 Å². The summed E-state index contributed by atoms with van der Waals surface area (Å²) in [6, 6.07) is 2.84. The van der Waals surface area contributed by atoms with Gasteiger partial charge in [0.1, 0.15) is 12.1 Å². The summed E-state index contributed by atoms with van der Waals surface area (Å²) in [7, 11) is 0. The summed E-state index contributed by atoms with van der Waals surface area (Å²) in [6.07, 6.45) is 0.720. The van der Waals surface area contributed by atoms with Crippen LogP contribution in [0.1, 0.15) is 92.1 Å². The van der Waals surface area contributed by atoms with Crippen molar-refractivity contribution in [3.8, 4) is 11.5 Å². The minimum atomic E-state index is -1.40. The second-order valence-electron chi connectivity index (χ2n) is 10.4. The molecule has 3 N–H and O–H groups in total. The van der Waals surface area contributed by atoms with E-state index < -0.39 is 53.6 Å². The van der Waals surface area contributed by atoms with E-state index in [1.165, 1.54) is 18.2 Å². The number of benzene rings is 1. The number of ether oxygens (including phenoxy) is 5. The first-order valence-corrected chi connectivity index (χ1v) is 13.8. The Balaban J connectivity index is 3.41. The van der Waals surface area contributed by atoms with Crippen LogP contribution in [0.5, 0.6) is 11.5 Å². The van der Waals surface area contributed by atoms with Gasteiger partial charge in [0.2, 0.25) is 0 Å². The lowest BCUT2D eigenvalue weighted by Crippen LogP contribution is -2.43. The van der Waals surface area contributed by atoms with Gasteiger partial charge >= 0.3 is 24.2 Å². The first-order valence-electron chi connectivity index (χ1n) is 13.8. The van der Waals surface area contributed by atoms with Gasteiger partial charge in [-0.25, -0.2) is 9.59 Å². The molecule has 0 saturated carbocycles. The molecule has 0 aliphatic heterocycles. The van der Waals surface area contributed by atoms with Crippen LogP contribution in [0.25, 0.3) is 0 Å². The van der Waals surface area contributed by atoms with Crippen LogP contribution in [0.4, 0.5) is 9.59 Å². The molecule has 0 bridgehead atoms. The van der Waals surface area contributed by atoms with E-state index in [0.717, 1.165) is 12.8 Å². The average molecular weight is 568 g/mol. The normalized spacial score (nSPS) is 14.3. The molecule has 11 heteroatoms. The number of rotatable bonds is 16. The molecule has 3 unspecified atom stereocenters. The lowest BCUT2D eigenvalue weighted by Gasteiger charge is -2.33. The number of esters is 1. The summed E-state index contributed by atoms with van der Waals surface area (Å²) in [5, 5.41) is 9.78. The molecule has 0 amide bonds. The second-order valence-corrected chi connectivity index (χ2v) is 10.4. The topological polar surface area (TPSA) is 161 Å². The van der Waals surface area contributed by atoms with Gasteiger partial charge in [-0.05, 0) is 57.7 Å². The highest BCUT2D eigenvalue weighted by atomic mass is 16.7. The predicted octanol–water partition coefficient (Wildman–Crippen LogP) is 5.82. The van der Waals surface area contributed by atoms with Gasteiger partial charge in [0.05, 0.1) is 18.6 Å². The van der Waals surface area contributed by atoms with Crippen molar-refractivity contribution in [2.75, 3.05) is 13.2 Å². The number of carboxylic acid groups (broad SMARTS) is 1. The maximum absolute atomic E-state index is 12.7. The molecule has 1 aromatic rings. The van der Waals surface area contributed by atoms with Crippen LogP contribution in [-0.4, -0.2) is 54.7 Å². The maximum atomic E-state index is 12.7. The third kappa shape index (κ3) is 10.7. The minimum absolute atomic E-state index is 0.128. The van der Waals surface area contributed by atoms with Crippen LogP contribution in [-0.2, 0) is 23.8 Å². The molecule has 0 aliphatic carbocycles. The maximum Gasteiger partial charge on any atom is 0.513 e. The predicted molar refractivity (Wildman–Crippen MR) is 147 cm³/mol. The van der Waals surface area contributed by atoms with E-state index >= 15 is 0 Å². The van der Waals surface area contributed by atoms with Crippen LogP contribution in [0.15, 0.2) is 18.2 Å². The average Bonchev–Trinajstić information content (AvgIpc) is 2.90. The van der Waals surface area contributed by atoms with E-state index in [2.05, 4.69) is 0 Å². The summed E-state index contributed by atoms with van der Waals surface area (Å²) >= 11 is 0. The minimum Gasteiger partial charge on any atom is -0.480 e. The van der Waals surface area contributed by atoms with Crippen molar-refractivity contribution in [3.05, 3.63) is 23.8 Å². The molecule has 4 atom stereocenters. The molecule has 1 aromatic carbocycles. The zero-order valence-corrected chi connectivity index (χ0v) is 24.7. The van der Waals surface area contributed by atoms with Gasteiger partial charge in [-0.3, -0.25) is 9.59 Å². The lowest BCUT2D eigenvalue weighted by molar-refractivity contribution is -0.162. The highest BCUT2D eigenvalue weighted by Gasteiger charge is 2.37. The van der Waals surface area contributed by atoms with Gasteiger partial charge in [0, 0.05) is 11.8 Å². The molecule has 1 rings (SSSR count). The summed E-state index contributed by atoms with van der Waals surface area (Å²) in [5.41, 5.74) is 5.76. The highest BCUT2D eigenvalue weighted by molar-refractivity contribution is 5.76. The molecule has 0 fully saturated rings. The van der Waals surface area contributed by atoms with E-state index in [-0.39, 0.29) is 24.7 Å².